The minimum absolute atomic E-state index is 0.117. The number of carbonyl (C=O) groups is 1. The second-order valence-electron chi connectivity index (χ2n) is 7.52. The van der Waals surface area contributed by atoms with Gasteiger partial charge < -0.3 is 14.5 Å². The number of rotatable bonds is 6. The largest absolute Gasteiger partial charge is 0.494 e. The van der Waals surface area contributed by atoms with Crippen LogP contribution in [-0.4, -0.2) is 63.3 Å². The molecule has 1 saturated heterocycles. The van der Waals surface area contributed by atoms with E-state index in [0.717, 1.165) is 26.7 Å². The quantitative estimate of drug-likeness (QED) is 0.564. The van der Waals surface area contributed by atoms with Crippen molar-refractivity contribution in [3.05, 3.63) is 48.0 Å². The Balaban J connectivity index is 1.37. The fourth-order valence-corrected chi connectivity index (χ4v) is 5.34. The fraction of sp³-hybridized carbons (Fsp3) is 0.364. The first kappa shape index (κ1) is 21.6. The summed E-state index contributed by atoms with van der Waals surface area (Å²) in [5.41, 5.74) is 1.77. The van der Waals surface area contributed by atoms with Crippen molar-refractivity contribution in [1.29, 1.82) is 0 Å². The van der Waals surface area contributed by atoms with Gasteiger partial charge in [0.2, 0.25) is 5.91 Å². The highest BCUT2D eigenvalue weighted by Crippen LogP contribution is 2.31. The van der Waals surface area contributed by atoms with Crippen molar-refractivity contribution < 1.29 is 17.9 Å². The number of amides is 1. The predicted molar refractivity (Wildman–Crippen MR) is 123 cm³/mol. The van der Waals surface area contributed by atoms with Crippen molar-refractivity contribution in [3.63, 3.8) is 0 Å². The number of fused-ring (bicyclic) bond motifs is 1. The molecule has 164 valence electrons. The van der Waals surface area contributed by atoms with Crippen molar-refractivity contribution in [2.45, 2.75) is 18.2 Å². The van der Waals surface area contributed by atoms with Gasteiger partial charge in [-0.1, -0.05) is 23.5 Å². The molecular formula is C22H25N3O4S2. The molecule has 1 amide bonds. The number of thiazole rings is 1. The van der Waals surface area contributed by atoms with E-state index in [-0.39, 0.29) is 5.91 Å². The van der Waals surface area contributed by atoms with Gasteiger partial charge in [0, 0.05) is 32.4 Å². The molecule has 0 unspecified atom stereocenters. The Labute approximate surface area is 186 Å². The Kier molecular flexibility index (Phi) is 6.15. The molecule has 9 heteroatoms. The molecule has 7 nitrogen and oxygen atoms in total. The van der Waals surface area contributed by atoms with E-state index in [4.69, 9.17) is 4.74 Å². The molecule has 0 aliphatic carbocycles. The Morgan fingerprint density at radius 3 is 2.45 bits per heavy atom. The van der Waals surface area contributed by atoms with E-state index in [9.17, 15) is 13.2 Å². The highest BCUT2D eigenvalue weighted by Gasteiger charge is 2.23. The zero-order chi connectivity index (χ0) is 22.0. The lowest BCUT2D eigenvalue weighted by Crippen LogP contribution is -2.49. The van der Waals surface area contributed by atoms with Crippen LogP contribution in [-0.2, 0) is 21.1 Å². The summed E-state index contributed by atoms with van der Waals surface area (Å²) >= 11 is 1.49. The Hall–Kier alpha value is -2.65. The second-order valence-corrected chi connectivity index (χ2v) is 10.5. The molecule has 31 heavy (non-hydrogen) atoms. The first-order chi connectivity index (χ1) is 14.8. The highest BCUT2D eigenvalue weighted by atomic mass is 32.2. The number of ether oxygens (including phenoxy) is 1. The lowest BCUT2D eigenvalue weighted by Gasteiger charge is -2.34. The van der Waals surface area contributed by atoms with Crippen LogP contribution in [0.15, 0.2) is 47.4 Å². The van der Waals surface area contributed by atoms with E-state index in [1.807, 2.05) is 36.1 Å². The van der Waals surface area contributed by atoms with Crippen LogP contribution in [0.1, 0.15) is 12.5 Å². The molecule has 0 N–H and O–H groups in total. The van der Waals surface area contributed by atoms with Gasteiger partial charge in [0.15, 0.2) is 15.0 Å². The van der Waals surface area contributed by atoms with Crippen LogP contribution in [0.4, 0.5) is 5.13 Å². The molecule has 3 aromatic rings. The first-order valence-electron chi connectivity index (χ1n) is 10.2. The molecule has 0 saturated carbocycles. The minimum Gasteiger partial charge on any atom is -0.494 e. The zero-order valence-corrected chi connectivity index (χ0v) is 19.2. The van der Waals surface area contributed by atoms with Crippen molar-refractivity contribution >= 4 is 42.4 Å². The van der Waals surface area contributed by atoms with Crippen LogP contribution in [0.5, 0.6) is 5.75 Å². The second kappa shape index (κ2) is 8.84. The number of nitrogens with zero attached hydrogens (tertiary/aromatic N) is 3. The molecule has 0 atom stereocenters. The Bertz CT molecular complexity index is 1180. The van der Waals surface area contributed by atoms with Crippen LogP contribution in [0, 0.1) is 0 Å². The zero-order valence-electron chi connectivity index (χ0n) is 17.6. The first-order valence-corrected chi connectivity index (χ1v) is 12.9. The molecule has 4 rings (SSSR count). The number of hydrogen-bond donors (Lipinski definition) is 0. The van der Waals surface area contributed by atoms with Gasteiger partial charge in [0.05, 0.1) is 28.1 Å². The van der Waals surface area contributed by atoms with E-state index in [1.54, 1.807) is 18.2 Å². The maximum atomic E-state index is 12.7. The summed E-state index contributed by atoms with van der Waals surface area (Å²) in [6.07, 6.45) is 1.58. The average Bonchev–Trinajstić information content (AvgIpc) is 3.18. The summed E-state index contributed by atoms with van der Waals surface area (Å²) in [4.78, 5) is 21.7. The standard InChI is InChI=1S/C22H25N3O4S2/c1-3-29-17-6-4-16(5-7-17)14-21(26)24-10-12-25(13-11-24)22-23-19-9-8-18(31(2,27)28)15-20(19)30-22/h4-9,15H,3,10-14H2,1-2H3. The smallest absolute Gasteiger partial charge is 0.227 e. The summed E-state index contributed by atoms with van der Waals surface area (Å²) in [5, 5.41) is 0.860. The van der Waals surface area contributed by atoms with E-state index >= 15 is 0 Å². The van der Waals surface area contributed by atoms with Crippen LogP contribution >= 0.6 is 11.3 Å². The van der Waals surface area contributed by atoms with E-state index in [1.165, 1.54) is 17.6 Å². The highest BCUT2D eigenvalue weighted by molar-refractivity contribution is 7.90. The lowest BCUT2D eigenvalue weighted by atomic mass is 10.1. The third-order valence-electron chi connectivity index (χ3n) is 5.27. The number of benzene rings is 2. The van der Waals surface area contributed by atoms with Crippen molar-refractivity contribution in [2.24, 2.45) is 0 Å². The fourth-order valence-electron chi connectivity index (χ4n) is 3.56. The molecule has 1 fully saturated rings. The summed E-state index contributed by atoms with van der Waals surface area (Å²) < 4.78 is 29.9. The molecule has 1 aliphatic heterocycles. The van der Waals surface area contributed by atoms with E-state index in [2.05, 4.69) is 9.88 Å². The average molecular weight is 460 g/mol. The lowest BCUT2D eigenvalue weighted by molar-refractivity contribution is -0.130. The van der Waals surface area contributed by atoms with Gasteiger partial charge in [-0.05, 0) is 42.8 Å². The predicted octanol–water partition coefficient (Wildman–Crippen LogP) is 2.99. The van der Waals surface area contributed by atoms with Crippen molar-refractivity contribution in [1.82, 2.24) is 9.88 Å². The summed E-state index contributed by atoms with van der Waals surface area (Å²) in [6.45, 7) is 5.25. The molecule has 2 aromatic carbocycles. The Morgan fingerprint density at radius 2 is 1.81 bits per heavy atom. The summed E-state index contributed by atoms with van der Waals surface area (Å²) in [5.74, 6) is 0.928. The molecule has 0 bridgehead atoms. The van der Waals surface area contributed by atoms with Crippen molar-refractivity contribution in [2.75, 3.05) is 43.9 Å². The summed E-state index contributed by atoms with van der Waals surface area (Å²) in [7, 11) is -3.24. The number of carbonyl (C=O) groups excluding carboxylic acids is 1. The molecule has 0 radical (unpaired) electrons. The third-order valence-corrected chi connectivity index (χ3v) is 7.46. The minimum atomic E-state index is -3.24. The third kappa shape index (κ3) is 4.99. The van der Waals surface area contributed by atoms with Crippen LogP contribution in [0.25, 0.3) is 10.2 Å². The monoisotopic (exact) mass is 459 g/mol. The van der Waals surface area contributed by atoms with Gasteiger partial charge in [-0.25, -0.2) is 13.4 Å². The number of sulfone groups is 1. The maximum Gasteiger partial charge on any atom is 0.227 e. The number of anilines is 1. The molecule has 2 heterocycles. The van der Waals surface area contributed by atoms with Crippen LogP contribution in [0.3, 0.4) is 0 Å². The Morgan fingerprint density at radius 1 is 1.10 bits per heavy atom. The van der Waals surface area contributed by atoms with E-state index < -0.39 is 9.84 Å². The normalized spacial score (nSPS) is 14.8. The number of hydrogen-bond acceptors (Lipinski definition) is 7. The molecule has 1 aliphatic rings. The van der Waals surface area contributed by atoms with Gasteiger partial charge in [0.25, 0.3) is 0 Å². The number of aromatic nitrogens is 1. The van der Waals surface area contributed by atoms with Gasteiger partial charge in [-0.2, -0.15) is 0 Å². The van der Waals surface area contributed by atoms with Crippen molar-refractivity contribution in [3.8, 4) is 5.75 Å². The van der Waals surface area contributed by atoms with Gasteiger partial charge in [-0.15, -0.1) is 0 Å². The van der Waals surface area contributed by atoms with E-state index in [0.29, 0.717) is 44.1 Å². The van der Waals surface area contributed by atoms with Crippen LogP contribution in [0.2, 0.25) is 0 Å². The van der Waals surface area contributed by atoms with Gasteiger partial charge >= 0.3 is 0 Å². The van der Waals surface area contributed by atoms with Crippen LogP contribution < -0.4 is 9.64 Å². The molecule has 0 spiro atoms. The van der Waals surface area contributed by atoms with Gasteiger partial charge in [0.1, 0.15) is 5.75 Å². The maximum absolute atomic E-state index is 12.7. The summed E-state index contributed by atoms with van der Waals surface area (Å²) in [6, 6.07) is 12.7. The molecule has 1 aromatic heterocycles. The molecular weight excluding hydrogens is 434 g/mol. The number of piperazine rings is 1. The SMILES string of the molecule is CCOc1ccc(CC(=O)N2CCN(c3nc4ccc(S(C)(=O)=O)cc4s3)CC2)cc1. The topological polar surface area (TPSA) is 79.8 Å². The van der Waals surface area contributed by atoms with Gasteiger partial charge in [-0.3, -0.25) is 4.79 Å².